The zero-order valence-corrected chi connectivity index (χ0v) is 19.9. The molecule has 1 saturated heterocycles. The molecule has 5 amide bonds. The molecular formula is C25H23N7O5. The molecule has 1 fully saturated rings. The van der Waals surface area contributed by atoms with Gasteiger partial charge in [-0.2, -0.15) is 5.26 Å². The maximum atomic E-state index is 13.0. The molecule has 0 saturated carbocycles. The maximum absolute atomic E-state index is 13.0. The van der Waals surface area contributed by atoms with Crippen molar-refractivity contribution in [2.75, 3.05) is 17.3 Å². The van der Waals surface area contributed by atoms with Crippen LogP contribution in [-0.4, -0.2) is 46.1 Å². The first-order chi connectivity index (χ1) is 17.7. The summed E-state index contributed by atoms with van der Waals surface area (Å²) in [5, 5.41) is 13.9. The second-order valence-electron chi connectivity index (χ2n) is 8.59. The van der Waals surface area contributed by atoms with E-state index < -0.39 is 29.5 Å². The summed E-state index contributed by atoms with van der Waals surface area (Å²) in [4.78, 5) is 66.5. The van der Waals surface area contributed by atoms with Gasteiger partial charge in [-0.25, -0.2) is 4.98 Å². The number of carbonyl (C=O) groups excluding carboxylic acids is 5. The summed E-state index contributed by atoms with van der Waals surface area (Å²) in [7, 11) is 1.54. The van der Waals surface area contributed by atoms with Gasteiger partial charge in [-0.15, -0.1) is 0 Å². The summed E-state index contributed by atoms with van der Waals surface area (Å²) in [5.74, 6) is -2.95. The average Bonchev–Trinajstić information content (AvgIpc) is 3.21. The number of hydrogen-bond acceptors (Lipinski definition) is 7. The van der Waals surface area contributed by atoms with Gasteiger partial charge in [0.15, 0.2) is 0 Å². The van der Waals surface area contributed by atoms with Gasteiger partial charge in [-0.3, -0.25) is 34.6 Å². The zero-order valence-electron chi connectivity index (χ0n) is 19.9. The SMILES string of the molecule is CN(C(=O)C1CC(=O)NC(=O)C1)c1ccc2c(c1)nc(NC(=O)c1ccc(C#N)cc1)n2CCC(N)=O. The van der Waals surface area contributed by atoms with Gasteiger partial charge in [-0.05, 0) is 42.5 Å². The Bertz CT molecular complexity index is 1450. The summed E-state index contributed by atoms with van der Waals surface area (Å²) in [5.41, 5.74) is 7.55. The molecule has 12 heteroatoms. The van der Waals surface area contributed by atoms with Crippen LogP contribution in [0, 0.1) is 17.2 Å². The number of imidazole rings is 1. The average molecular weight is 502 g/mol. The molecule has 188 valence electrons. The Hall–Kier alpha value is -5.05. The number of amides is 5. The molecule has 0 unspecified atom stereocenters. The van der Waals surface area contributed by atoms with Crippen LogP contribution in [0.25, 0.3) is 11.0 Å². The number of imide groups is 1. The van der Waals surface area contributed by atoms with E-state index in [0.29, 0.717) is 27.8 Å². The second-order valence-corrected chi connectivity index (χ2v) is 8.59. The van der Waals surface area contributed by atoms with Crippen molar-refractivity contribution in [1.82, 2.24) is 14.9 Å². The Morgan fingerprint density at radius 3 is 2.46 bits per heavy atom. The van der Waals surface area contributed by atoms with E-state index in [1.54, 1.807) is 22.8 Å². The van der Waals surface area contributed by atoms with Gasteiger partial charge in [0.05, 0.1) is 28.6 Å². The number of hydrogen-bond donors (Lipinski definition) is 3. The fraction of sp³-hybridized carbons (Fsp3) is 0.240. The third kappa shape index (κ3) is 5.46. The van der Waals surface area contributed by atoms with E-state index in [0.717, 1.165) is 0 Å². The van der Waals surface area contributed by atoms with Crippen LogP contribution in [0.4, 0.5) is 11.6 Å². The summed E-state index contributed by atoms with van der Waals surface area (Å²) in [6.45, 7) is 0.155. The topological polar surface area (TPSA) is 180 Å². The number of anilines is 2. The van der Waals surface area contributed by atoms with Crippen LogP contribution >= 0.6 is 0 Å². The minimum Gasteiger partial charge on any atom is -0.370 e. The van der Waals surface area contributed by atoms with Gasteiger partial charge in [0.1, 0.15) is 0 Å². The van der Waals surface area contributed by atoms with Gasteiger partial charge in [-0.1, -0.05) is 0 Å². The molecule has 1 aliphatic heterocycles. The Balaban J connectivity index is 1.63. The largest absolute Gasteiger partial charge is 0.370 e. The molecule has 12 nitrogen and oxygen atoms in total. The quantitative estimate of drug-likeness (QED) is 0.405. The van der Waals surface area contributed by atoms with Gasteiger partial charge in [0.2, 0.25) is 29.6 Å². The molecule has 0 radical (unpaired) electrons. The summed E-state index contributed by atoms with van der Waals surface area (Å²) in [6.07, 6.45) is -0.155. The van der Waals surface area contributed by atoms with E-state index in [1.165, 1.54) is 36.2 Å². The molecule has 4 rings (SSSR count). The molecule has 0 atom stereocenters. The number of nitriles is 1. The number of benzene rings is 2. The third-order valence-electron chi connectivity index (χ3n) is 6.02. The molecular weight excluding hydrogens is 478 g/mol. The number of fused-ring (bicyclic) bond motifs is 1. The fourth-order valence-corrected chi connectivity index (χ4v) is 4.09. The minimum atomic E-state index is -0.766. The number of nitrogens with zero attached hydrogens (tertiary/aromatic N) is 4. The normalized spacial score (nSPS) is 13.6. The molecule has 3 aromatic rings. The molecule has 0 aliphatic carbocycles. The highest BCUT2D eigenvalue weighted by molar-refractivity contribution is 6.06. The Morgan fingerprint density at radius 2 is 1.84 bits per heavy atom. The van der Waals surface area contributed by atoms with E-state index in [9.17, 15) is 24.0 Å². The van der Waals surface area contributed by atoms with Crippen molar-refractivity contribution in [2.24, 2.45) is 11.7 Å². The number of carbonyl (C=O) groups is 5. The molecule has 2 heterocycles. The molecule has 0 spiro atoms. The Labute approximate surface area is 211 Å². The zero-order chi connectivity index (χ0) is 26.7. The van der Waals surface area contributed by atoms with Crippen molar-refractivity contribution in [1.29, 1.82) is 5.26 Å². The lowest BCUT2D eigenvalue weighted by molar-refractivity contribution is -0.139. The van der Waals surface area contributed by atoms with E-state index in [-0.39, 0.29) is 37.7 Å². The van der Waals surface area contributed by atoms with Crippen molar-refractivity contribution in [2.45, 2.75) is 25.8 Å². The van der Waals surface area contributed by atoms with Gasteiger partial charge < -0.3 is 15.2 Å². The Kier molecular flexibility index (Phi) is 6.97. The lowest BCUT2D eigenvalue weighted by Crippen LogP contribution is -2.44. The van der Waals surface area contributed by atoms with Gasteiger partial charge >= 0.3 is 0 Å². The number of primary amides is 1. The van der Waals surface area contributed by atoms with Crippen LogP contribution in [0.3, 0.4) is 0 Å². The number of aromatic nitrogens is 2. The lowest BCUT2D eigenvalue weighted by Gasteiger charge is -2.25. The summed E-state index contributed by atoms with van der Waals surface area (Å²) < 4.78 is 1.64. The van der Waals surface area contributed by atoms with E-state index in [4.69, 9.17) is 11.0 Å². The van der Waals surface area contributed by atoms with Crippen molar-refractivity contribution in [3.05, 3.63) is 53.6 Å². The van der Waals surface area contributed by atoms with Gasteiger partial charge in [0, 0.05) is 44.1 Å². The minimum absolute atomic E-state index is 0.00309. The first kappa shape index (κ1) is 25.1. The Morgan fingerprint density at radius 1 is 1.16 bits per heavy atom. The highest BCUT2D eigenvalue weighted by atomic mass is 16.2. The van der Waals surface area contributed by atoms with Crippen molar-refractivity contribution in [3.63, 3.8) is 0 Å². The second kappa shape index (κ2) is 10.3. The van der Waals surface area contributed by atoms with Gasteiger partial charge in [0.25, 0.3) is 5.91 Å². The third-order valence-corrected chi connectivity index (χ3v) is 6.02. The monoisotopic (exact) mass is 501 g/mol. The van der Waals surface area contributed by atoms with E-state index >= 15 is 0 Å². The van der Waals surface area contributed by atoms with Crippen LogP contribution in [0.15, 0.2) is 42.5 Å². The van der Waals surface area contributed by atoms with Crippen molar-refractivity contribution >= 4 is 52.2 Å². The summed E-state index contributed by atoms with van der Waals surface area (Å²) in [6, 6.07) is 13.1. The molecule has 1 aromatic heterocycles. The number of rotatable bonds is 7. The smallest absolute Gasteiger partial charge is 0.257 e. The van der Waals surface area contributed by atoms with Crippen LogP contribution in [0.1, 0.15) is 35.2 Å². The van der Waals surface area contributed by atoms with Crippen LogP contribution in [0.5, 0.6) is 0 Å². The first-order valence-electron chi connectivity index (χ1n) is 11.4. The first-order valence-corrected chi connectivity index (χ1v) is 11.4. The standard InChI is InChI=1S/C25H23N7O5/c1-31(24(37)16-10-21(34)29-22(35)11-16)17-6-7-19-18(12-17)28-25(32(19)9-8-20(27)33)30-23(36)15-4-2-14(13-26)3-5-15/h2-7,12,16H,8-11H2,1H3,(H2,27,33)(H,28,30,36)(H,29,34,35). The maximum Gasteiger partial charge on any atom is 0.257 e. The van der Waals surface area contributed by atoms with Crippen molar-refractivity contribution < 1.29 is 24.0 Å². The number of aryl methyl sites for hydroxylation is 1. The van der Waals surface area contributed by atoms with E-state index in [2.05, 4.69) is 15.6 Å². The molecule has 4 N–H and O–H groups in total. The predicted octanol–water partition coefficient (Wildman–Crippen LogP) is 1.05. The summed E-state index contributed by atoms with van der Waals surface area (Å²) >= 11 is 0. The molecule has 2 aromatic carbocycles. The molecule has 37 heavy (non-hydrogen) atoms. The predicted molar refractivity (Wildman–Crippen MR) is 132 cm³/mol. The van der Waals surface area contributed by atoms with Crippen LogP contribution in [0.2, 0.25) is 0 Å². The number of nitrogens with two attached hydrogens (primary N) is 1. The number of nitrogens with one attached hydrogen (secondary N) is 2. The highest BCUT2D eigenvalue weighted by Gasteiger charge is 2.32. The molecule has 0 bridgehead atoms. The molecule has 1 aliphatic rings. The van der Waals surface area contributed by atoms with Crippen LogP contribution in [-0.2, 0) is 25.7 Å². The fourth-order valence-electron chi connectivity index (χ4n) is 4.09. The van der Waals surface area contributed by atoms with E-state index in [1.807, 2.05) is 6.07 Å². The van der Waals surface area contributed by atoms with Crippen molar-refractivity contribution in [3.8, 4) is 6.07 Å². The number of piperidine rings is 1. The highest BCUT2D eigenvalue weighted by Crippen LogP contribution is 2.27. The van der Waals surface area contributed by atoms with Crippen LogP contribution < -0.4 is 21.3 Å². The lowest BCUT2D eigenvalue weighted by atomic mass is 9.95.